The Balaban J connectivity index is 1.98. The number of hydrogen-bond acceptors (Lipinski definition) is 5. The summed E-state index contributed by atoms with van der Waals surface area (Å²) in [5.74, 6) is -0.123. The van der Waals surface area contributed by atoms with E-state index in [1.807, 2.05) is 25.1 Å². The maximum atomic E-state index is 12.3. The van der Waals surface area contributed by atoms with Crippen molar-refractivity contribution in [1.82, 2.24) is 15.6 Å². The number of anilines is 1. The summed E-state index contributed by atoms with van der Waals surface area (Å²) in [5.41, 5.74) is 1.27. The van der Waals surface area contributed by atoms with Crippen LogP contribution in [0.15, 0.2) is 48.7 Å². The summed E-state index contributed by atoms with van der Waals surface area (Å²) in [6.45, 7) is -0.240. The van der Waals surface area contributed by atoms with Crippen LogP contribution >= 0.6 is 0 Å². The van der Waals surface area contributed by atoms with Gasteiger partial charge in [0.15, 0.2) is 0 Å². The van der Waals surface area contributed by atoms with Crippen LogP contribution in [0.3, 0.4) is 0 Å². The molecular weight excluding hydrogens is 320 g/mol. The first-order valence-corrected chi connectivity index (χ1v) is 7.88. The van der Waals surface area contributed by atoms with Gasteiger partial charge in [-0.1, -0.05) is 24.3 Å². The summed E-state index contributed by atoms with van der Waals surface area (Å²) in [4.78, 5) is 30.5. The second-order valence-corrected chi connectivity index (χ2v) is 5.67. The lowest BCUT2D eigenvalue weighted by molar-refractivity contribution is -0.124. The van der Waals surface area contributed by atoms with E-state index in [1.54, 1.807) is 42.6 Å². The Morgan fingerprint density at radius 2 is 1.88 bits per heavy atom. The smallest absolute Gasteiger partial charge is 0.251 e. The van der Waals surface area contributed by atoms with Gasteiger partial charge in [-0.05, 0) is 18.2 Å². The van der Waals surface area contributed by atoms with Crippen LogP contribution in [0.4, 0.5) is 5.82 Å². The van der Waals surface area contributed by atoms with Gasteiger partial charge in [-0.25, -0.2) is 4.98 Å². The third kappa shape index (κ3) is 5.02. The van der Waals surface area contributed by atoms with Gasteiger partial charge < -0.3 is 20.6 Å². The molecule has 0 aliphatic rings. The van der Waals surface area contributed by atoms with Crippen molar-refractivity contribution >= 4 is 17.6 Å². The van der Waals surface area contributed by atoms with E-state index in [0.29, 0.717) is 5.56 Å². The number of pyridine rings is 1. The standard InChI is InChI=1S/C18H22N4O3/c1-22(2)16-14(9-6-10-19-16)11-20-18(25)15(12-23)21-17(24)13-7-4-3-5-8-13/h3-10,15,23H,11-12H2,1-2H3,(H,20,25)(H,21,24)/t15-/m0/s1. The quantitative estimate of drug-likeness (QED) is 0.683. The minimum absolute atomic E-state index is 0.248. The fourth-order valence-corrected chi connectivity index (χ4v) is 2.30. The Kier molecular flexibility index (Phi) is 6.47. The summed E-state index contributed by atoms with van der Waals surface area (Å²) >= 11 is 0. The summed E-state index contributed by atoms with van der Waals surface area (Å²) in [5, 5.41) is 14.7. The minimum Gasteiger partial charge on any atom is -0.394 e. The molecule has 2 rings (SSSR count). The number of amides is 2. The number of carbonyl (C=O) groups excluding carboxylic acids is 2. The van der Waals surface area contributed by atoms with E-state index in [-0.39, 0.29) is 6.54 Å². The molecule has 2 amide bonds. The van der Waals surface area contributed by atoms with Crippen LogP contribution in [0.1, 0.15) is 15.9 Å². The van der Waals surface area contributed by atoms with E-state index in [9.17, 15) is 14.7 Å². The van der Waals surface area contributed by atoms with Crippen molar-refractivity contribution in [2.24, 2.45) is 0 Å². The molecule has 0 radical (unpaired) electrons. The highest BCUT2D eigenvalue weighted by Gasteiger charge is 2.20. The zero-order valence-electron chi connectivity index (χ0n) is 14.3. The summed E-state index contributed by atoms with van der Waals surface area (Å²) in [6, 6.07) is 11.2. The molecule has 0 spiro atoms. The first-order valence-electron chi connectivity index (χ1n) is 7.88. The molecule has 7 nitrogen and oxygen atoms in total. The molecule has 0 bridgehead atoms. The lowest BCUT2D eigenvalue weighted by Crippen LogP contribution is -2.48. The van der Waals surface area contributed by atoms with Gasteiger partial charge in [-0.2, -0.15) is 0 Å². The van der Waals surface area contributed by atoms with Crippen LogP contribution in [0.5, 0.6) is 0 Å². The maximum absolute atomic E-state index is 12.3. The van der Waals surface area contributed by atoms with Crippen molar-refractivity contribution in [2.45, 2.75) is 12.6 Å². The van der Waals surface area contributed by atoms with E-state index < -0.39 is 24.5 Å². The van der Waals surface area contributed by atoms with Crippen molar-refractivity contribution in [3.8, 4) is 0 Å². The largest absolute Gasteiger partial charge is 0.394 e. The zero-order chi connectivity index (χ0) is 18.2. The molecule has 132 valence electrons. The van der Waals surface area contributed by atoms with Crippen molar-refractivity contribution in [3.05, 3.63) is 59.8 Å². The van der Waals surface area contributed by atoms with Crippen molar-refractivity contribution in [2.75, 3.05) is 25.6 Å². The summed E-state index contributed by atoms with van der Waals surface area (Å²) < 4.78 is 0. The molecule has 7 heteroatoms. The number of aliphatic hydroxyl groups is 1. The average Bonchev–Trinajstić information content (AvgIpc) is 2.64. The Bertz CT molecular complexity index is 719. The Hall–Kier alpha value is -2.93. The van der Waals surface area contributed by atoms with E-state index in [4.69, 9.17) is 0 Å². The van der Waals surface area contributed by atoms with Crippen molar-refractivity contribution in [1.29, 1.82) is 0 Å². The number of hydrogen-bond donors (Lipinski definition) is 3. The highest BCUT2D eigenvalue weighted by Crippen LogP contribution is 2.13. The second kappa shape index (κ2) is 8.79. The third-order valence-electron chi connectivity index (χ3n) is 3.58. The van der Waals surface area contributed by atoms with Gasteiger partial charge in [0.1, 0.15) is 11.9 Å². The van der Waals surface area contributed by atoms with Gasteiger partial charge in [0.25, 0.3) is 5.91 Å². The molecule has 0 saturated heterocycles. The van der Waals surface area contributed by atoms with Crippen molar-refractivity contribution < 1.29 is 14.7 Å². The van der Waals surface area contributed by atoms with Gasteiger partial charge in [0.2, 0.25) is 5.91 Å². The van der Waals surface area contributed by atoms with Crippen LogP contribution in [-0.2, 0) is 11.3 Å². The number of aliphatic hydroxyl groups excluding tert-OH is 1. The summed E-state index contributed by atoms with van der Waals surface area (Å²) in [7, 11) is 3.73. The molecule has 0 fully saturated rings. The second-order valence-electron chi connectivity index (χ2n) is 5.67. The van der Waals surface area contributed by atoms with Gasteiger partial charge in [-0.15, -0.1) is 0 Å². The Labute approximate surface area is 146 Å². The highest BCUT2D eigenvalue weighted by atomic mass is 16.3. The number of carbonyl (C=O) groups is 2. The molecule has 25 heavy (non-hydrogen) atoms. The molecular formula is C18H22N4O3. The van der Waals surface area contributed by atoms with E-state index in [2.05, 4.69) is 15.6 Å². The molecule has 0 aliphatic heterocycles. The fraction of sp³-hybridized carbons (Fsp3) is 0.278. The molecule has 1 atom stereocenters. The molecule has 3 N–H and O–H groups in total. The lowest BCUT2D eigenvalue weighted by Gasteiger charge is -2.19. The van der Waals surface area contributed by atoms with Gasteiger partial charge >= 0.3 is 0 Å². The zero-order valence-corrected chi connectivity index (χ0v) is 14.3. The molecule has 0 aliphatic carbocycles. The number of nitrogens with zero attached hydrogens (tertiary/aromatic N) is 2. The molecule has 1 aromatic heterocycles. The van der Waals surface area contributed by atoms with Crippen molar-refractivity contribution in [3.63, 3.8) is 0 Å². The van der Waals surface area contributed by atoms with E-state index >= 15 is 0 Å². The SMILES string of the molecule is CN(C)c1ncccc1CNC(=O)[C@H](CO)NC(=O)c1ccccc1. The molecule has 1 heterocycles. The average molecular weight is 342 g/mol. The maximum Gasteiger partial charge on any atom is 0.251 e. The fourth-order valence-electron chi connectivity index (χ4n) is 2.30. The number of aromatic nitrogens is 1. The number of nitrogens with one attached hydrogen (secondary N) is 2. The van der Waals surface area contributed by atoms with Gasteiger partial charge in [-0.3, -0.25) is 9.59 Å². The first-order chi connectivity index (χ1) is 12.0. The third-order valence-corrected chi connectivity index (χ3v) is 3.58. The summed E-state index contributed by atoms with van der Waals surface area (Å²) in [6.07, 6.45) is 1.68. The van der Waals surface area contributed by atoms with E-state index in [1.165, 1.54) is 0 Å². The normalized spacial score (nSPS) is 11.5. The van der Waals surface area contributed by atoms with Crippen LogP contribution in [-0.4, -0.2) is 48.6 Å². The number of rotatable bonds is 7. The van der Waals surface area contributed by atoms with Gasteiger partial charge in [0.05, 0.1) is 6.61 Å². The first kappa shape index (κ1) is 18.4. The van der Waals surface area contributed by atoms with Crippen LogP contribution in [0.2, 0.25) is 0 Å². The van der Waals surface area contributed by atoms with Crippen LogP contribution in [0, 0.1) is 0 Å². The predicted molar refractivity (Wildman–Crippen MR) is 95.2 cm³/mol. The molecule has 0 unspecified atom stereocenters. The topological polar surface area (TPSA) is 94.6 Å². The molecule has 1 aromatic carbocycles. The minimum atomic E-state index is -1.02. The van der Waals surface area contributed by atoms with Crippen LogP contribution < -0.4 is 15.5 Å². The van der Waals surface area contributed by atoms with Gasteiger partial charge in [0, 0.05) is 38.0 Å². The Morgan fingerprint density at radius 1 is 1.16 bits per heavy atom. The van der Waals surface area contributed by atoms with E-state index in [0.717, 1.165) is 11.4 Å². The molecule has 0 saturated carbocycles. The highest BCUT2D eigenvalue weighted by molar-refractivity contribution is 5.97. The molecule has 2 aromatic rings. The lowest BCUT2D eigenvalue weighted by atomic mass is 10.2. The Morgan fingerprint density at radius 3 is 2.52 bits per heavy atom. The number of benzene rings is 1. The monoisotopic (exact) mass is 342 g/mol. The van der Waals surface area contributed by atoms with Crippen LogP contribution in [0.25, 0.3) is 0 Å². The predicted octanol–water partition coefficient (Wildman–Crippen LogP) is 0.555.